The van der Waals surface area contributed by atoms with E-state index in [4.69, 9.17) is 4.74 Å². The van der Waals surface area contributed by atoms with Gasteiger partial charge in [-0.25, -0.2) is 4.79 Å². The zero-order valence-electron chi connectivity index (χ0n) is 22.3. The topological polar surface area (TPSA) is 134 Å². The number of aryl methyl sites for hydroxylation is 1. The fourth-order valence-electron chi connectivity index (χ4n) is 3.50. The number of hydrogen-bond acceptors (Lipinski definition) is 7. The maximum absolute atomic E-state index is 13.3. The number of amides is 3. The van der Waals surface area contributed by atoms with Crippen LogP contribution in [0.25, 0.3) is 0 Å². The summed E-state index contributed by atoms with van der Waals surface area (Å²) in [7, 11) is 1.21. The van der Waals surface area contributed by atoms with Crippen LogP contribution in [0.4, 0.5) is 4.79 Å². The molecule has 1 aromatic rings. The average molecular weight is 508 g/mol. The van der Waals surface area contributed by atoms with Gasteiger partial charge in [0.05, 0.1) is 7.11 Å². The number of rotatable bonds is 13. The molecule has 0 spiro atoms. The molecule has 0 bridgehead atoms. The van der Waals surface area contributed by atoms with Crippen LogP contribution in [-0.2, 0) is 23.9 Å². The number of phenols is 1. The Labute approximate surface area is 213 Å². The molecule has 3 amide bonds. The van der Waals surface area contributed by atoms with Gasteiger partial charge in [0.1, 0.15) is 30.5 Å². The quantitative estimate of drug-likeness (QED) is 0.275. The molecule has 1 unspecified atom stereocenters. The van der Waals surface area contributed by atoms with Crippen molar-refractivity contribution in [2.45, 2.75) is 78.4 Å². The van der Waals surface area contributed by atoms with Crippen LogP contribution < -0.4 is 10.6 Å². The fraction of sp³-hybridized carbons (Fsp3) is 0.615. The summed E-state index contributed by atoms with van der Waals surface area (Å²) in [5, 5.41) is 15.0. The molecule has 0 aliphatic carbocycles. The molecule has 1 atom stereocenters. The molecule has 3 N–H and O–H groups in total. The Bertz CT molecular complexity index is 896. The number of carbonyl (C=O) groups is 4. The van der Waals surface area contributed by atoms with Gasteiger partial charge in [-0.15, -0.1) is 0 Å². The van der Waals surface area contributed by atoms with E-state index in [0.29, 0.717) is 17.5 Å². The number of phenolic OH excluding ortho intramolecular Hbond substituents is 1. The summed E-state index contributed by atoms with van der Waals surface area (Å²) >= 11 is 0. The molecule has 10 heteroatoms. The van der Waals surface area contributed by atoms with Gasteiger partial charge in [0.2, 0.25) is 11.8 Å². The summed E-state index contributed by atoms with van der Waals surface area (Å²) in [6.07, 6.45) is 3.89. The number of benzene rings is 1. The molecule has 0 heterocycles. The highest BCUT2D eigenvalue weighted by Gasteiger charge is 2.32. The SMILES string of the molecule is CCCCCCCN(C(=O)CNC(=O)OC(C)(C)C)C(C(=O)NCC(=O)OC)c1ccc(O)c(C)c1. The zero-order valence-corrected chi connectivity index (χ0v) is 22.3. The highest BCUT2D eigenvalue weighted by Crippen LogP contribution is 2.27. The van der Waals surface area contributed by atoms with E-state index in [9.17, 15) is 24.3 Å². The number of aromatic hydroxyl groups is 1. The molecule has 1 aromatic carbocycles. The highest BCUT2D eigenvalue weighted by atomic mass is 16.6. The fourth-order valence-corrected chi connectivity index (χ4v) is 3.50. The minimum Gasteiger partial charge on any atom is -0.508 e. The Kier molecular flexibility index (Phi) is 12.8. The third-order valence-corrected chi connectivity index (χ3v) is 5.34. The van der Waals surface area contributed by atoms with E-state index in [-0.39, 0.29) is 25.4 Å². The minimum absolute atomic E-state index is 0.0523. The van der Waals surface area contributed by atoms with Gasteiger partial charge in [0.15, 0.2) is 0 Å². The number of nitrogens with zero attached hydrogens (tertiary/aromatic N) is 1. The Morgan fingerprint density at radius 3 is 2.28 bits per heavy atom. The van der Waals surface area contributed by atoms with Crippen molar-refractivity contribution in [1.29, 1.82) is 0 Å². The van der Waals surface area contributed by atoms with E-state index >= 15 is 0 Å². The number of alkyl carbamates (subject to hydrolysis) is 1. The number of nitrogens with one attached hydrogen (secondary N) is 2. The first kappa shape index (κ1) is 30.7. The van der Waals surface area contributed by atoms with Gasteiger partial charge in [-0.2, -0.15) is 0 Å². The summed E-state index contributed by atoms with van der Waals surface area (Å²) in [5.74, 6) is -1.64. The Morgan fingerprint density at radius 2 is 1.69 bits per heavy atom. The zero-order chi connectivity index (χ0) is 27.3. The molecule has 0 aromatic heterocycles. The molecule has 1 rings (SSSR count). The Hall–Kier alpha value is -3.30. The van der Waals surface area contributed by atoms with Gasteiger partial charge < -0.3 is 30.1 Å². The van der Waals surface area contributed by atoms with E-state index in [0.717, 1.165) is 25.7 Å². The first-order valence-electron chi connectivity index (χ1n) is 12.3. The van der Waals surface area contributed by atoms with Crippen LogP contribution in [-0.4, -0.2) is 66.2 Å². The molecule has 0 fully saturated rings. The molecule has 10 nitrogen and oxygen atoms in total. The molecular weight excluding hydrogens is 466 g/mol. The van der Waals surface area contributed by atoms with Gasteiger partial charge in [-0.1, -0.05) is 38.7 Å². The minimum atomic E-state index is -1.09. The maximum Gasteiger partial charge on any atom is 0.408 e. The first-order chi connectivity index (χ1) is 16.9. The second-order valence-electron chi connectivity index (χ2n) is 9.60. The van der Waals surface area contributed by atoms with Gasteiger partial charge in [-0.3, -0.25) is 14.4 Å². The van der Waals surface area contributed by atoms with Crippen molar-refractivity contribution in [1.82, 2.24) is 15.5 Å². The number of methoxy groups -OCH3 is 1. The first-order valence-corrected chi connectivity index (χ1v) is 12.3. The van der Waals surface area contributed by atoms with E-state index in [1.54, 1.807) is 39.8 Å². The van der Waals surface area contributed by atoms with E-state index in [1.807, 2.05) is 0 Å². The van der Waals surface area contributed by atoms with Crippen molar-refractivity contribution >= 4 is 23.9 Å². The van der Waals surface area contributed by atoms with Crippen molar-refractivity contribution in [3.63, 3.8) is 0 Å². The van der Waals surface area contributed by atoms with Gasteiger partial charge in [0, 0.05) is 6.54 Å². The smallest absolute Gasteiger partial charge is 0.408 e. The third kappa shape index (κ3) is 11.0. The molecule has 0 aliphatic rings. The number of ether oxygens (including phenoxy) is 2. The normalized spacial score (nSPS) is 11.8. The lowest BCUT2D eigenvalue weighted by Crippen LogP contribution is -2.48. The predicted molar refractivity (Wildman–Crippen MR) is 135 cm³/mol. The second kappa shape index (κ2) is 15.0. The molecule has 0 saturated heterocycles. The summed E-state index contributed by atoms with van der Waals surface area (Å²) in [6.45, 7) is 8.45. The summed E-state index contributed by atoms with van der Waals surface area (Å²) in [5.41, 5.74) is 0.263. The molecular formula is C26H41N3O7. The summed E-state index contributed by atoms with van der Waals surface area (Å²) < 4.78 is 9.82. The lowest BCUT2D eigenvalue weighted by Gasteiger charge is -2.32. The Balaban J connectivity index is 3.24. The van der Waals surface area contributed by atoms with E-state index in [2.05, 4.69) is 22.3 Å². The van der Waals surface area contributed by atoms with Crippen molar-refractivity contribution in [3.8, 4) is 5.75 Å². The van der Waals surface area contributed by atoms with Crippen LogP contribution in [0.3, 0.4) is 0 Å². The number of hydrogen-bond donors (Lipinski definition) is 3. The standard InChI is InChI=1S/C26H41N3O7/c1-7-8-9-10-11-14-29(21(31)16-28-25(34)36-26(3,4)5)23(24(33)27-17-22(32)35-6)19-12-13-20(30)18(2)15-19/h12-13,15,23,30H,7-11,14,16-17H2,1-6H3,(H,27,33)(H,28,34). The highest BCUT2D eigenvalue weighted by molar-refractivity contribution is 5.92. The summed E-state index contributed by atoms with van der Waals surface area (Å²) in [6, 6.07) is 3.54. The number of carbonyl (C=O) groups excluding carboxylic acids is 4. The van der Waals surface area contributed by atoms with Crippen molar-refractivity contribution in [3.05, 3.63) is 29.3 Å². The van der Waals surface area contributed by atoms with Crippen molar-refractivity contribution in [2.24, 2.45) is 0 Å². The maximum atomic E-state index is 13.3. The summed E-state index contributed by atoms with van der Waals surface area (Å²) in [4.78, 5) is 51.8. The van der Waals surface area contributed by atoms with Crippen LogP contribution in [0.5, 0.6) is 5.75 Å². The molecule has 0 saturated carbocycles. The second-order valence-corrected chi connectivity index (χ2v) is 9.60. The van der Waals surface area contributed by atoms with E-state index in [1.165, 1.54) is 18.1 Å². The van der Waals surface area contributed by atoms with Crippen LogP contribution in [0, 0.1) is 6.92 Å². The third-order valence-electron chi connectivity index (χ3n) is 5.34. The molecule has 202 valence electrons. The average Bonchev–Trinajstić information content (AvgIpc) is 2.80. The molecule has 0 aliphatic heterocycles. The largest absolute Gasteiger partial charge is 0.508 e. The van der Waals surface area contributed by atoms with Crippen LogP contribution in [0.2, 0.25) is 0 Å². The number of unbranched alkanes of at least 4 members (excludes halogenated alkanes) is 4. The predicted octanol–water partition coefficient (Wildman–Crippen LogP) is 3.35. The van der Waals surface area contributed by atoms with Crippen LogP contribution >= 0.6 is 0 Å². The van der Waals surface area contributed by atoms with Gasteiger partial charge >= 0.3 is 12.1 Å². The number of esters is 1. The lowest BCUT2D eigenvalue weighted by molar-refractivity contribution is -0.143. The van der Waals surface area contributed by atoms with Crippen LogP contribution in [0.1, 0.15) is 77.0 Å². The molecule has 0 radical (unpaired) electrons. The Morgan fingerprint density at radius 1 is 1.03 bits per heavy atom. The molecule has 36 heavy (non-hydrogen) atoms. The monoisotopic (exact) mass is 507 g/mol. The van der Waals surface area contributed by atoms with Gasteiger partial charge in [-0.05, 0) is 57.4 Å². The van der Waals surface area contributed by atoms with Crippen molar-refractivity contribution < 1.29 is 33.8 Å². The van der Waals surface area contributed by atoms with Crippen molar-refractivity contribution in [2.75, 3.05) is 26.7 Å². The van der Waals surface area contributed by atoms with Gasteiger partial charge in [0.25, 0.3) is 0 Å². The van der Waals surface area contributed by atoms with E-state index < -0.39 is 35.5 Å². The van der Waals surface area contributed by atoms with Crippen LogP contribution in [0.15, 0.2) is 18.2 Å². The lowest BCUT2D eigenvalue weighted by atomic mass is 10.0.